The Morgan fingerprint density at radius 1 is 1.12 bits per heavy atom. The molecule has 2 aliphatic heterocycles. The fraction of sp³-hybridized carbons (Fsp3) is 0.611. The van der Waals surface area contributed by atoms with Crippen LogP contribution in [0.25, 0.3) is 0 Å². The number of hydrogen-bond acceptors (Lipinski definition) is 3. The number of benzene rings is 1. The highest BCUT2D eigenvalue weighted by molar-refractivity contribution is 7.91. The molecule has 2 aliphatic rings. The molecule has 7 heteroatoms. The second-order valence-electron chi connectivity index (χ2n) is 6.99. The van der Waals surface area contributed by atoms with Gasteiger partial charge in [0.2, 0.25) is 0 Å². The highest BCUT2D eigenvalue weighted by Gasteiger charge is 2.30. The second kappa shape index (κ2) is 7.72. The van der Waals surface area contributed by atoms with Gasteiger partial charge in [0.1, 0.15) is 15.7 Å². The molecule has 0 aromatic heterocycles. The molecule has 0 saturated carbocycles. The normalized spacial score (nSPS) is 24.5. The van der Waals surface area contributed by atoms with Crippen LogP contribution in [0.1, 0.15) is 50.1 Å². The van der Waals surface area contributed by atoms with Crippen molar-refractivity contribution in [3.05, 3.63) is 35.6 Å². The Morgan fingerprint density at radius 2 is 1.88 bits per heavy atom. The summed E-state index contributed by atoms with van der Waals surface area (Å²) in [6.45, 7) is 0.637. The summed E-state index contributed by atoms with van der Waals surface area (Å²) in [5.41, 5.74) is 0.822. The predicted octanol–water partition coefficient (Wildman–Crippen LogP) is 3.03. The lowest BCUT2D eigenvalue weighted by Gasteiger charge is -2.33. The molecule has 5 nitrogen and oxygen atoms in total. The highest BCUT2D eigenvalue weighted by Crippen LogP contribution is 2.30. The van der Waals surface area contributed by atoms with Crippen molar-refractivity contribution < 1.29 is 17.6 Å². The van der Waals surface area contributed by atoms with E-state index in [1.165, 1.54) is 12.1 Å². The van der Waals surface area contributed by atoms with E-state index < -0.39 is 9.84 Å². The molecule has 0 bridgehead atoms. The van der Waals surface area contributed by atoms with Gasteiger partial charge in [-0.2, -0.15) is 0 Å². The first-order chi connectivity index (χ1) is 11.9. The van der Waals surface area contributed by atoms with E-state index in [1.807, 2.05) is 6.07 Å². The summed E-state index contributed by atoms with van der Waals surface area (Å²) in [5.74, 6) is -0.0316. The largest absolute Gasteiger partial charge is 0.335 e. The van der Waals surface area contributed by atoms with Gasteiger partial charge in [-0.25, -0.2) is 17.6 Å². The standard InChI is InChI=1S/C18H25FN2O3S/c19-15-6-4-5-14(13-15)17-7-2-1-3-10-21(17)18(22)20-16-8-11-25(23,24)12-9-16/h4-6,13,16-17H,1-3,7-12H2,(H,20,22). The van der Waals surface area contributed by atoms with Crippen LogP contribution in [0.4, 0.5) is 9.18 Å². The molecule has 1 unspecified atom stereocenters. The van der Waals surface area contributed by atoms with Crippen molar-refractivity contribution in [3.63, 3.8) is 0 Å². The smallest absolute Gasteiger partial charge is 0.318 e. The number of carbonyl (C=O) groups is 1. The Kier molecular flexibility index (Phi) is 5.61. The fourth-order valence-electron chi connectivity index (χ4n) is 3.70. The molecule has 2 fully saturated rings. The number of nitrogens with zero attached hydrogens (tertiary/aromatic N) is 1. The molecule has 138 valence electrons. The second-order valence-corrected chi connectivity index (χ2v) is 9.29. The van der Waals surface area contributed by atoms with Crippen LogP contribution >= 0.6 is 0 Å². The van der Waals surface area contributed by atoms with Gasteiger partial charge >= 0.3 is 6.03 Å². The van der Waals surface area contributed by atoms with Crippen molar-refractivity contribution in [3.8, 4) is 0 Å². The zero-order chi connectivity index (χ0) is 17.9. The Hall–Kier alpha value is -1.63. The molecule has 2 heterocycles. The maximum atomic E-state index is 13.6. The summed E-state index contributed by atoms with van der Waals surface area (Å²) in [6, 6.07) is 6.05. The van der Waals surface area contributed by atoms with Gasteiger partial charge in [0.05, 0.1) is 17.5 Å². The number of hydrogen-bond donors (Lipinski definition) is 1. The Balaban J connectivity index is 1.71. The third kappa shape index (κ3) is 4.71. The molecular weight excluding hydrogens is 343 g/mol. The lowest BCUT2D eigenvalue weighted by atomic mass is 10.0. The van der Waals surface area contributed by atoms with E-state index >= 15 is 0 Å². The van der Waals surface area contributed by atoms with E-state index in [-0.39, 0.29) is 35.4 Å². The summed E-state index contributed by atoms with van der Waals surface area (Å²) < 4.78 is 36.7. The highest BCUT2D eigenvalue weighted by atomic mass is 32.2. The molecule has 2 amide bonds. The van der Waals surface area contributed by atoms with Crippen molar-refractivity contribution in [2.45, 2.75) is 50.6 Å². The van der Waals surface area contributed by atoms with Gasteiger partial charge in [0, 0.05) is 12.6 Å². The maximum absolute atomic E-state index is 13.6. The van der Waals surface area contributed by atoms with Crippen molar-refractivity contribution >= 4 is 15.9 Å². The van der Waals surface area contributed by atoms with Crippen molar-refractivity contribution in [2.75, 3.05) is 18.1 Å². The van der Waals surface area contributed by atoms with Crippen LogP contribution in [-0.4, -0.2) is 43.4 Å². The maximum Gasteiger partial charge on any atom is 0.318 e. The number of sulfone groups is 1. The van der Waals surface area contributed by atoms with Gasteiger partial charge in [-0.15, -0.1) is 0 Å². The van der Waals surface area contributed by atoms with Crippen LogP contribution in [0.3, 0.4) is 0 Å². The molecule has 1 aromatic carbocycles. The first kappa shape index (κ1) is 18.2. The number of amides is 2. The molecule has 0 radical (unpaired) electrons. The molecule has 25 heavy (non-hydrogen) atoms. The summed E-state index contributed by atoms with van der Waals surface area (Å²) >= 11 is 0. The number of likely N-dealkylation sites (tertiary alicyclic amines) is 1. The Morgan fingerprint density at radius 3 is 2.60 bits per heavy atom. The summed E-state index contributed by atoms with van der Waals surface area (Å²) in [4.78, 5) is 14.6. The average molecular weight is 368 g/mol. The molecule has 3 rings (SSSR count). The zero-order valence-electron chi connectivity index (χ0n) is 14.3. The molecule has 1 aromatic rings. The quantitative estimate of drug-likeness (QED) is 0.873. The van der Waals surface area contributed by atoms with Crippen LogP contribution in [0.5, 0.6) is 0 Å². The fourth-order valence-corrected chi connectivity index (χ4v) is 5.20. The minimum atomic E-state index is -2.95. The third-order valence-electron chi connectivity index (χ3n) is 5.13. The molecule has 1 N–H and O–H groups in total. The molecule has 2 saturated heterocycles. The van der Waals surface area contributed by atoms with E-state index in [9.17, 15) is 17.6 Å². The Labute approximate surface area is 148 Å². The molecule has 0 spiro atoms. The first-order valence-electron chi connectivity index (χ1n) is 8.98. The minimum absolute atomic E-state index is 0.104. The molecule has 0 aliphatic carbocycles. The van der Waals surface area contributed by atoms with Crippen molar-refractivity contribution in [1.29, 1.82) is 0 Å². The number of urea groups is 1. The van der Waals surface area contributed by atoms with Gasteiger partial charge in [0.25, 0.3) is 0 Å². The van der Waals surface area contributed by atoms with Crippen molar-refractivity contribution in [2.24, 2.45) is 0 Å². The van der Waals surface area contributed by atoms with Crippen LogP contribution in [0.15, 0.2) is 24.3 Å². The van der Waals surface area contributed by atoms with Crippen LogP contribution < -0.4 is 5.32 Å². The molecule has 1 atom stereocenters. The van der Waals surface area contributed by atoms with Gasteiger partial charge < -0.3 is 10.2 Å². The van der Waals surface area contributed by atoms with E-state index in [2.05, 4.69) is 5.32 Å². The van der Waals surface area contributed by atoms with E-state index in [0.717, 1.165) is 31.2 Å². The van der Waals surface area contributed by atoms with Crippen LogP contribution in [0, 0.1) is 5.82 Å². The lowest BCUT2D eigenvalue weighted by Crippen LogP contribution is -2.48. The number of carbonyl (C=O) groups excluding carboxylic acids is 1. The predicted molar refractivity (Wildman–Crippen MR) is 94.5 cm³/mol. The monoisotopic (exact) mass is 368 g/mol. The van der Waals surface area contributed by atoms with Crippen LogP contribution in [0.2, 0.25) is 0 Å². The molecular formula is C18H25FN2O3S. The summed E-state index contributed by atoms with van der Waals surface area (Å²) in [7, 11) is -2.95. The zero-order valence-corrected chi connectivity index (χ0v) is 15.1. The van der Waals surface area contributed by atoms with E-state index in [0.29, 0.717) is 19.4 Å². The number of rotatable bonds is 2. The third-order valence-corrected chi connectivity index (χ3v) is 6.84. The first-order valence-corrected chi connectivity index (χ1v) is 10.8. The topological polar surface area (TPSA) is 66.5 Å². The van der Waals surface area contributed by atoms with Crippen molar-refractivity contribution in [1.82, 2.24) is 10.2 Å². The van der Waals surface area contributed by atoms with E-state index in [4.69, 9.17) is 0 Å². The van der Waals surface area contributed by atoms with Gasteiger partial charge in [-0.05, 0) is 43.4 Å². The number of nitrogens with one attached hydrogen (secondary N) is 1. The lowest BCUT2D eigenvalue weighted by molar-refractivity contribution is 0.171. The van der Waals surface area contributed by atoms with Gasteiger partial charge in [-0.3, -0.25) is 0 Å². The van der Waals surface area contributed by atoms with Gasteiger partial charge in [-0.1, -0.05) is 25.0 Å². The summed E-state index contributed by atoms with van der Waals surface area (Å²) in [6.07, 6.45) is 4.73. The number of halogens is 1. The Bertz CT molecular complexity index is 709. The van der Waals surface area contributed by atoms with E-state index in [1.54, 1.807) is 11.0 Å². The van der Waals surface area contributed by atoms with Gasteiger partial charge in [0.15, 0.2) is 0 Å². The SMILES string of the molecule is O=C(NC1CCS(=O)(=O)CC1)N1CCCCCC1c1cccc(F)c1. The summed E-state index contributed by atoms with van der Waals surface area (Å²) in [5, 5.41) is 3.00. The average Bonchev–Trinajstić information content (AvgIpc) is 2.83. The van der Waals surface area contributed by atoms with Crippen LogP contribution in [-0.2, 0) is 9.84 Å². The minimum Gasteiger partial charge on any atom is -0.335 e.